The number of amides is 1. The van der Waals surface area contributed by atoms with Crippen molar-refractivity contribution in [1.82, 2.24) is 10.2 Å². The Morgan fingerprint density at radius 2 is 1.28 bits per heavy atom. The molecule has 1 N–H and O–H groups in total. The molecule has 36 heavy (non-hydrogen) atoms. The van der Waals surface area contributed by atoms with Crippen LogP contribution in [0, 0.1) is 5.92 Å². The number of carbonyl (C=O) groups is 3. The molecule has 2 atom stereocenters. The Kier molecular flexibility index (Phi) is 7.45. The van der Waals surface area contributed by atoms with Crippen LogP contribution in [-0.4, -0.2) is 48.1 Å². The van der Waals surface area contributed by atoms with Gasteiger partial charge in [0.1, 0.15) is 11.6 Å². The molecule has 0 radical (unpaired) electrons. The quantitative estimate of drug-likeness (QED) is 0.421. The van der Waals surface area contributed by atoms with Gasteiger partial charge < -0.3 is 14.4 Å². The van der Waals surface area contributed by atoms with Gasteiger partial charge in [-0.3, -0.25) is 14.9 Å². The minimum absolute atomic E-state index is 0.00152. The first-order valence-electron chi connectivity index (χ1n) is 11.4. The normalized spacial score (nSPS) is 18.2. The number of hydrogen-bond donors (Lipinski definition) is 1. The zero-order valence-electron chi connectivity index (χ0n) is 19.9. The summed E-state index contributed by atoms with van der Waals surface area (Å²) in [5.74, 6) is -2.34. The third-order valence-corrected chi connectivity index (χ3v) is 6.82. The predicted molar refractivity (Wildman–Crippen MR) is 138 cm³/mol. The Labute approximate surface area is 215 Å². The van der Waals surface area contributed by atoms with Gasteiger partial charge in [-0.05, 0) is 41.9 Å². The molecule has 4 rings (SSSR count). The Balaban J connectivity index is 1.95. The lowest BCUT2D eigenvalue weighted by Crippen LogP contribution is -2.58. The summed E-state index contributed by atoms with van der Waals surface area (Å²) in [5.41, 5.74) is 0.585. The molecule has 0 aliphatic carbocycles. The van der Waals surface area contributed by atoms with E-state index in [1.165, 1.54) is 14.2 Å². The summed E-state index contributed by atoms with van der Waals surface area (Å²) in [6.07, 6.45) is 0.0739. The summed E-state index contributed by atoms with van der Waals surface area (Å²) in [6, 6.07) is 26.3. The topological polar surface area (TPSA) is 84.9 Å². The number of esters is 2. The van der Waals surface area contributed by atoms with Crippen molar-refractivity contribution in [3.63, 3.8) is 0 Å². The van der Waals surface area contributed by atoms with Gasteiger partial charge in [-0.25, -0.2) is 4.79 Å². The number of methoxy groups -OCH3 is 2. The van der Waals surface area contributed by atoms with E-state index >= 15 is 0 Å². The van der Waals surface area contributed by atoms with Gasteiger partial charge in [0.15, 0.2) is 5.11 Å². The largest absolute Gasteiger partial charge is 0.469 e. The molecular weight excluding hydrogens is 476 g/mol. The van der Waals surface area contributed by atoms with Gasteiger partial charge in [-0.2, -0.15) is 0 Å². The second-order valence-electron chi connectivity index (χ2n) is 8.34. The molecule has 1 aliphatic heterocycles. The highest BCUT2D eigenvalue weighted by molar-refractivity contribution is 7.80. The van der Waals surface area contributed by atoms with Crippen LogP contribution in [0.5, 0.6) is 0 Å². The molecule has 7 nitrogen and oxygen atoms in total. The first-order valence-corrected chi connectivity index (χ1v) is 11.8. The van der Waals surface area contributed by atoms with Crippen LogP contribution in [0.1, 0.15) is 27.9 Å². The molecule has 0 saturated carbocycles. The molecule has 0 unspecified atom stereocenters. The molecule has 1 saturated heterocycles. The highest BCUT2D eigenvalue weighted by Gasteiger charge is 2.61. The van der Waals surface area contributed by atoms with E-state index in [1.807, 2.05) is 60.7 Å². The van der Waals surface area contributed by atoms with Gasteiger partial charge in [-0.1, -0.05) is 78.9 Å². The molecule has 1 amide bonds. The minimum Gasteiger partial charge on any atom is -0.469 e. The molecule has 1 fully saturated rings. The molecule has 3 aromatic carbocycles. The van der Waals surface area contributed by atoms with Crippen molar-refractivity contribution in [2.45, 2.75) is 18.0 Å². The molecule has 8 heteroatoms. The van der Waals surface area contributed by atoms with Crippen LogP contribution in [-0.2, 0) is 24.6 Å². The number of likely N-dealkylation sites (tertiary alicyclic amines) is 1. The number of nitrogens with zero attached hydrogens (tertiary/aromatic N) is 1. The highest BCUT2D eigenvalue weighted by Crippen LogP contribution is 2.52. The first kappa shape index (κ1) is 25.1. The van der Waals surface area contributed by atoms with E-state index < -0.39 is 35.3 Å². The number of thiocarbonyl (C=S) groups is 1. The maximum atomic E-state index is 13.3. The third kappa shape index (κ3) is 4.35. The summed E-state index contributed by atoms with van der Waals surface area (Å²) >= 11 is 5.79. The Morgan fingerprint density at radius 1 is 0.806 bits per heavy atom. The van der Waals surface area contributed by atoms with Crippen molar-refractivity contribution in [2.75, 3.05) is 14.2 Å². The Morgan fingerprint density at radius 3 is 1.75 bits per heavy atom. The number of hydrogen-bond acceptors (Lipinski definition) is 6. The van der Waals surface area contributed by atoms with Crippen molar-refractivity contribution >= 4 is 35.2 Å². The lowest BCUT2D eigenvalue weighted by Gasteiger charge is -2.44. The fraction of sp³-hybridized carbons (Fsp3) is 0.214. The fourth-order valence-electron chi connectivity index (χ4n) is 5.01. The summed E-state index contributed by atoms with van der Waals surface area (Å²) in [7, 11) is 2.60. The predicted octanol–water partition coefficient (Wildman–Crippen LogP) is 3.68. The summed E-state index contributed by atoms with van der Waals surface area (Å²) in [5, 5.41) is 2.78. The molecule has 0 bridgehead atoms. The minimum atomic E-state index is -1.25. The number of rotatable bonds is 5. The molecule has 0 spiro atoms. The van der Waals surface area contributed by atoms with Gasteiger partial charge in [0.2, 0.25) is 0 Å². The van der Waals surface area contributed by atoms with Crippen molar-refractivity contribution in [3.8, 4) is 0 Å². The maximum absolute atomic E-state index is 13.3. The van der Waals surface area contributed by atoms with E-state index in [0.717, 1.165) is 0 Å². The zero-order valence-corrected chi connectivity index (χ0v) is 20.7. The van der Waals surface area contributed by atoms with Gasteiger partial charge in [0.05, 0.1) is 20.1 Å². The number of carbonyl (C=O) groups excluding carboxylic acids is 3. The number of nitrogens with one attached hydrogen (secondary N) is 1. The van der Waals surface area contributed by atoms with Crippen LogP contribution >= 0.6 is 12.2 Å². The van der Waals surface area contributed by atoms with Gasteiger partial charge >= 0.3 is 11.9 Å². The maximum Gasteiger partial charge on any atom is 0.328 e. The molecular formula is C28H26N2O5S. The second-order valence-corrected chi connectivity index (χ2v) is 8.73. The van der Waals surface area contributed by atoms with Gasteiger partial charge in [-0.15, -0.1) is 0 Å². The van der Waals surface area contributed by atoms with Crippen LogP contribution in [0.2, 0.25) is 0 Å². The SMILES string of the molecule is COC(=O)[C@H]1C[C@@H](C(=O)OC)C(c2ccccc2)(c2ccccc2)N1C(=S)NC(=O)c1ccccc1. The molecule has 184 valence electrons. The summed E-state index contributed by atoms with van der Waals surface area (Å²) in [6.45, 7) is 0. The van der Waals surface area contributed by atoms with E-state index in [4.69, 9.17) is 21.7 Å². The molecule has 1 aliphatic rings. The molecule has 3 aromatic rings. The standard InChI is InChI=1S/C28H26N2O5S/c1-34-25(32)22-18-23(26(33)35-2)30(27(36)29-24(31)19-12-6-3-7-13-19)28(22,20-14-8-4-9-15-20)21-16-10-5-11-17-21/h3-17,22-23H,18H2,1-2H3,(H,29,31,36)/t22-,23+/m0/s1. The van der Waals surface area contributed by atoms with Crippen molar-refractivity contribution < 1.29 is 23.9 Å². The molecule has 1 heterocycles. The Bertz CT molecular complexity index is 1210. The average Bonchev–Trinajstić information content (AvgIpc) is 3.31. The van der Waals surface area contributed by atoms with E-state index in [9.17, 15) is 14.4 Å². The smallest absolute Gasteiger partial charge is 0.328 e. The first-order chi connectivity index (χ1) is 17.4. The lowest BCUT2D eigenvalue weighted by molar-refractivity contribution is -0.147. The summed E-state index contributed by atoms with van der Waals surface area (Å²) < 4.78 is 10.4. The molecule has 0 aromatic heterocycles. The highest BCUT2D eigenvalue weighted by atomic mass is 32.1. The van der Waals surface area contributed by atoms with Gasteiger partial charge in [0.25, 0.3) is 5.91 Å². The van der Waals surface area contributed by atoms with Crippen LogP contribution in [0.15, 0.2) is 91.0 Å². The van der Waals surface area contributed by atoms with Crippen molar-refractivity contribution in [1.29, 1.82) is 0 Å². The third-order valence-electron chi connectivity index (χ3n) is 6.52. The van der Waals surface area contributed by atoms with E-state index in [-0.39, 0.29) is 11.5 Å². The number of benzene rings is 3. The van der Waals surface area contributed by atoms with Crippen molar-refractivity contribution in [2.24, 2.45) is 5.92 Å². The van der Waals surface area contributed by atoms with Crippen LogP contribution in [0.4, 0.5) is 0 Å². The van der Waals surface area contributed by atoms with E-state index in [2.05, 4.69) is 5.32 Å². The van der Waals surface area contributed by atoms with Crippen molar-refractivity contribution in [3.05, 3.63) is 108 Å². The monoisotopic (exact) mass is 502 g/mol. The number of ether oxygens (including phenoxy) is 2. The fourth-order valence-corrected chi connectivity index (χ4v) is 5.38. The van der Waals surface area contributed by atoms with Gasteiger partial charge in [0, 0.05) is 5.56 Å². The van der Waals surface area contributed by atoms with E-state index in [1.54, 1.807) is 35.2 Å². The summed E-state index contributed by atoms with van der Waals surface area (Å²) in [4.78, 5) is 41.1. The van der Waals surface area contributed by atoms with Crippen LogP contribution < -0.4 is 5.32 Å². The average molecular weight is 503 g/mol. The zero-order chi connectivity index (χ0) is 25.7. The lowest BCUT2D eigenvalue weighted by atomic mass is 9.73. The van der Waals surface area contributed by atoms with Crippen LogP contribution in [0.25, 0.3) is 0 Å². The second kappa shape index (κ2) is 10.7. The van der Waals surface area contributed by atoms with Crippen LogP contribution in [0.3, 0.4) is 0 Å². The Hall–Kier alpha value is -4.04. The van der Waals surface area contributed by atoms with E-state index in [0.29, 0.717) is 16.7 Å².